The molecule has 80 valence electrons. The Morgan fingerprint density at radius 3 is 2.93 bits per heavy atom. The Morgan fingerprint density at radius 2 is 2.13 bits per heavy atom. The molecule has 2 aliphatic heterocycles. The Bertz CT molecular complexity index is 378. The first-order valence-corrected chi connectivity index (χ1v) is 5.47. The molecule has 0 radical (unpaired) electrons. The van der Waals surface area contributed by atoms with Gasteiger partial charge in [0.15, 0.2) is 11.5 Å². The molecule has 15 heavy (non-hydrogen) atoms. The first-order chi connectivity index (χ1) is 7.34. The zero-order valence-corrected chi connectivity index (χ0v) is 8.82. The maximum Gasteiger partial charge on any atom is 0.231 e. The first kappa shape index (κ1) is 9.04. The van der Waals surface area contributed by atoms with Crippen molar-refractivity contribution < 1.29 is 9.47 Å². The van der Waals surface area contributed by atoms with Crippen LogP contribution >= 0.6 is 0 Å². The molecule has 2 aliphatic rings. The largest absolute Gasteiger partial charge is 0.454 e. The third-order valence-corrected chi connectivity index (χ3v) is 3.29. The van der Waals surface area contributed by atoms with Crippen molar-refractivity contribution >= 4 is 0 Å². The van der Waals surface area contributed by atoms with E-state index < -0.39 is 0 Å². The number of hydrogen-bond donors (Lipinski definition) is 1. The van der Waals surface area contributed by atoms with E-state index >= 15 is 0 Å². The van der Waals surface area contributed by atoms with Gasteiger partial charge in [0, 0.05) is 6.04 Å². The van der Waals surface area contributed by atoms with Crippen molar-refractivity contribution in [3.63, 3.8) is 0 Å². The van der Waals surface area contributed by atoms with Gasteiger partial charge in [-0.25, -0.2) is 0 Å². The Morgan fingerprint density at radius 1 is 1.27 bits per heavy atom. The second kappa shape index (κ2) is 3.42. The SMILES string of the molecule is C[C@H]1CCN[C@@H]1c1ccc2c(c1)OCO2. The van der Waals surface area contributed by atoms with Crippen molar-refractivity contribution in [3.8, 4) is 11.5 Å². The van der Waals surface area contributed by atoms with E-state index in [-0.39, 0.29) is 0 Å². The number of hydrogen-bond acceptors (Lipinski definition) is 3. The van der Waals surface area contributed by atoms with Gasteiger partial charge in [0.2, 0.25) is 6.79 Å². The van der Waals surface area contributed by atoms with E-state index in [0.717, 1.165) is 18.0 Å². The van der Waals surface area contributed by atoms with Gasteiger partial charge in [0.1, 0.15) is 0 Å². The number of benzene rings is 1. The normalized spacial score (nSPS) is 28.3. The molecule has 2 atom stereocenters. The fraction of sp³-hybridized carbons (Fsp3) is 0.500. The van der Waals surface area contributed by atoms with Crippen LogP contribution < -0.4 is 14.8 Å². The van der Waals surface area contributed by atoms with E-state index in [0.29, 0.717) is 18.8 Å². The Kier molecular flexibility index (Phi) is 2.06. The molecule has 0 aromatic heterocycles. The highest BCUT2D eigenvalue weighted by atomic mass is 16.7. The lowest BCUT2D eigenvalue weighted by Crippen LogP contribution is -2.16. The van der Waals surface area contributed by atoms with Gasteiger partial charge in [-0.3, -0.25) is 0 Å². The number of ether oxygens (including phenoxy) is 2. The summed E-state index contributed by atoms with van der Waals surface area (Å²) in [6.45, 7) is 3.75. The summed E-state index contributed by atoms with van der Waals surface area (Å²) in [6.07, 6.45) is 1.25. The summed E-state index contributed by atoms with van der Waals surface area (Å²) in [5.74, 6) is 2.45. The molecule has 0 bridgehead atoms. The highest BCUT2D eigenvalue weighted by molar-refractivity contribution is 5.45. The summed E-state index contributed by atoms with van der Waals surface area (Å²) in [5.41, 5.74) is 1.31. The maximum absolute atomic E-state index is 5.38. The molecule has 1 fully saturated rings. The molecule has 0 spiro atoms. The van der Waals surface area contributed by atoms with Gasteiger partial charge in [-0.2, -0.15) is 0 Å². The first-order valence-electron chi connectivity index (χ1n) is 5.47. The van der Waals surface area contributed by atoms with Crippen molar-refractivity contribution in [2.75, 3.05) is 13.3 Å². The van der Waals surface area contributed by atoms with Crippen molar-refractivity contribution in [3.05, 3.63) is 23.8 Å². The Hall–Kier alpha value is -1.22. The van der Waals surface area contributed by atoms with Crippen molar-refractivity contribution in [2.24, 2.45) is 5.92 Å². The molecule has 0 aliphatic carbocycles. The second-order valence-electron chi connectivity index (χ2n) is 4.31. The van der Waals surface area contributed by atoms with Gasteiger partial charge >= 0.3 is 0 Å². The van der Waals surface area contributed by atoms with Gasteiger partial charge in [0.25, 0.3) is 0 Å². The third kappa shape index (κ3) is 1.47. The van der Waals surface area contributed by atoms with Gasteiger partial charge in [-0.15, -0.1) is 0 Å². The second-order valence-corrected chi connectivity index (χ2v) is 4.31. The minimum Gasteiger partial charge on any atom is -0.454 e. The van der Waals surface area contributed by atoms with E-state index in [2.05, 4.69) is 24.4 Å². The summed E-state index contributed by atoms with van der Waals surface area (Å²) in [7, 11) is 0. The fourth-order valence-corrected chi connectivity index (χ4v) is 2.39. The molecule has 3 heteroatoms. The van der Waals surface area contributed by atoms with Crippen LogP contribution in [0.25, 0.3) is 0 Å². The topological polar surface area (TPSA) is 30.5 Å². The van der Waals surface area contributed by atoms with E-state index in [1.807, 2.05) is 6.07 Å². The van der Waals surface area contributed by atoms with Crippen LogP contribution in [-0.2, 0) is 0 Å². The Balaban J connectivity index is 1.92. The minimum atomic E-state index is 0.354. The van der Waals surface area contributed by atoms with Crippen molar-refractivity contribution in [1.29, 1.82) is 0 Å². The Labute approximate surface area is 89.4 Å². The smallest absolute Gasteiger partial charge is 0.231 e. The zero-order chi connectivity index (χ0) is 10.3. The van der Waals surface area contributed by atoms with Crippen LogP contribution in [0, 0.1) is 5.92 Å². The molecule has 3 rings (SSSR count). The summed E-state index contributed by atoms with van der Waals surface area (Å²) >= 11 is 0. The van der Waals surface area contributed by atoms with Crippen LogP contribution in [0.1, 0.15) is 24.9 Å². The minimum absolute atomic E-state index is 0.354. The van der Waals surface area contributed by atoms with E-state index in [1.165, 1.54) is 12.0 Å². The van der Waals surface area contributed by atoms with Crippen LogP contribution in [0.15, 0.2) is 18.2 Å². The lowest BCUT2D eigenvalue weighted by Gasteiger charge is -2.16. The molecule has 1 aromatic rings. The monoisotopic (exact) mass is 205 g/mol. The van der Waals surface area contributed by atoms with Crippen molar-refractivity contribution in [1.82, 2.24) is 5.32 Å². The average Bonchev–Trinajstić information content (AvgIpc) is 2.84. The predicted molar refractivity (Wildman–Crippen MR) is 57.1 cm³/mol. The summed E-state index contributed by atoms with van der Waals surface area (Å²) < 4.78 is 10.7. The van der Waals surface area contributed by atoms with E-state index in [1.54, 1.807) is 0 Å². The summed E-state index contributed by atoms with van der Waals surface area (Å²) in [4.78, 5) is 0. The third-order valence-electron chi connectivity index (χ3n) is 3.29. The van der Waals surface area contributed by atoms with E-state index in [9.17, 15) is 0 Å². The lowest BCUT2D eigenvalue weighted by molar-refractivity contribution is 0.174. The molecule has 1 saturated heterocycles. The maximum atomic E-state index is 5.38. The molecule has 2 heterocycles. The van der Waals surface area contributed by atoms with E-state index in [4.69, 9.17) is 9.47 Å². The van der Waals surface area contributed by atoms with Crippen LogP contribution in [0.3, 0.4) is 0 Å². The van der Waals surface area contributed by atoms with Crippen LogP contribution in [0.4, 0.5) is 0 Å². The van der Waals surface area contributed by atoms with Crippen LogP contribution in [-0.4, -0.2) is 13.3 Å². The van der Waals surface area contributed by atoms with Crippen molar-refractivity contribution in [2.45, 2.75) is 19.4 Å². The van der Waals surface area contributed by atoms with Crippen LogP contribution in [0.2, 0.25) is 0 Å². The summed E-state index contributed by atoms with van der Waals surface area (Å²) in [6, 6.07) is 6.71. The molecule has 0 amide bonds. The van der Waals surface area contributed by atoms with Crippen LogP contribution in [0.5, 0.6) is 11.5 Å². The lowest BCUT2D eigenvalue weighted by atomic mass is 9.96. The highest BCUT2D eigenvalue weighted by Crippen LogP contribution is 2.37. The molecule has 0 unspecified atom stereocenters. The standard InChI is InChI=1S/C12H15NO2/c1-8-4-5-13-12(8)9-2-3-10-11(6-9)15-7-14-10/h2-3,6,8,12-13H,4-5,7H2,1H3/t8-,12-/m0/s1. The highest BCUT2D eigenvalue weighted by Gasteiger charge is 2.25. The molecular formula is C12H15NO2. The van der Waals surface area contributed by atoms with Gasteiger partial charge in [0.05, 0.1) is 0 Å². The average molecular weight is 205 g/mol. The fourth-order valence-electron chi connectivity index (χ4n) is 2.39. The molecule has 3 nitrogen and oxygen atoms in total. The zero-order valence-electron chi connectivity index (χ0n) is 8.82. The molecule has 1 N–H and O–H groups in total. The van der Waals surface area contributed by atoms with Gasteiger partial charge < -0.3 is 14.8 Å². The molecule has 0 saturated carbocycles. The summed E-state index contributed by atoms with van der Waals surface area (Å²) in [5, 5.41) is 3.52. The molecular weight excluding hydrogens is 190 g/mol. The quantitative estimate of drug-likeness (QED) is 0.761. The number of nitrogens with one attached hydrogen (secondary N) is 1. The van der Waals surface area contributed by atoms with Gasteiger partial charge in [-0.05, 0) is 36.6 Å². The number of rotatable bonds is 1. The molecule has 1 aromatic carbocycles. The predicted octanol–water partition coefficient (Wildman–Crippen LogP) is 2.09. The number of fused-ring (bicyclic) bond motifs is 1. The van der Waals surface area contributed by atoms with Gasteiger partial charge in [-0.1, -0.05) is 13.0 Å².